The number of nitrogens with zero attached hydrogens (tertiary/aromatic N) is 3. The molecule has 154 valence electrons. The molecule has 4 rings (SSSR count). The predicted molar refractivity (Wildman–Crippen MR) is 111 cm³/mol. The summed E-state index contributed by atoms with van der Waals surface area (Å²) in [6.45, 7) is 1.88. The van der Waals surface area contributed by atoms with Crippen LogP contribution >= 0.6 is 11.6 Å². The molecule has 1 aliphatic rings. The highest BCUT2D eigenvalue weighted by Crippen LogP contribution is 2.28. The minimum atomic E-state index is -0.547. The summed E-state index contributed by atoms with van der Waals surface area (Å²) in [6.07, 6.45) is 1.66. The Morgan fingerprint density at radius 1 is 1.23 bits per heavy atom. The molecule has 0 aliphatic carbocycles. The standard InChI is InChI=1S/C21H20ClN5O3/c1-13-20-16(25-27(21(20)30)17-8-3-2-7-15(17)22)10-19(29)26(13)12-18(28)24-11-14-6-4-5-9-23-14/h2-9,13,25H,10-12H2,1H3,(H,24,28). The van der Waals surface area contributed by atoms with E-state index in [-0.39, 0.29) is 36.9 Å². The summed E-state index contributed by atoms with van der Waals surface area (Å²) in [7, 11) is 0. The molecule has 1 unspecified atom stereocenters. The number of H-pyrrole nitrogens is 1. The van der Waals surface area contributed by atoms with Gasteiger partial charge in [0, 0.05) is 6.20 Å². The molecule has 0 saturated carbocycles. The van der Waals surface area contributed by atoms with Gasteiger partial charge >= 0.3 is 0 Å². The van der Waals surface area contributed by atoms with Crippen LogP contribution in [0, 0.1) is 0 Å². The van der Waals surface area contributed by atoms with Gasteiger partial charge < -0.3 is 10.2 Å². The van der Waals surface area contributed by atoms with E-state index in [9.17, 15) is 14.4 Å². The second-order valence-corrected chi connectivity index (χ2v) is 7.48. The average Bonchev–Trinajstić information content (AvgIpc) is 3.06. The minimum Gasteiger partial charge on any atom is -0.349 e. The Hall–Kier alpha value is -3.39. The van der Waals surface area contributed by atoms with Crippen molar-refractivity contribution in [2.45, 2.75) is 25.9 Å². The number of para-hydroxylation sites is 1. The quantitative estimate of drug-likeness (QED) is 0.652. The first-order valence-electron chi connectivity index (χ1n) is 9.50. The average molecular weight is 426 g/mol. The maximum atomic E-state index is 13.1. The number of halogens is 1. The molecular formula is C21H20ClN5O3. The molecule has 3 heterocycles. The van der Waals surface area contributed by atoms with Gasteiger partial charge in [-0.25, -0.2) is 4.68 Å². The number of hydrogen-bond donors (Lipinski definition) is 2. The first-order valence-corrected chi connectivity index (χ1v) is 9.88. The second kappa shape index (κ2) is 8.16. The summed E-state index contributed by atoms with van der Waals surface area (Å²) in [5, 5.41) is 6.18. The Morgan fingerprint density at radius 3 is 2.73 bits per heavy atom. The van der Waals surface area contributed by atoms with Crippen LogP contribution < -0.4 is 10.9 Å². The third-order valence-corrected chi connectivity index (χ3v) is 5.46. The number of amides is 2. The smallest absolute Gasteiger partial charge is 0.276 e. The van der Waals surface area contributed by atoms with Crippen molar-refractivity contribution in [1.82, 2.24) is 25.0 Å². The van der Waals surface area contributed by atoms with Crippen LogP contribution in [0.25, 0.3) is 5.69 Å². The first kappa shape index (κ1) is 19.9. The van der Waals surface area contributed by atoms with Crippen LogP contribution in [0.5, 0.6) is 0 Å². The van der Waals surface area contributed by atoms with Crippen molar-refractivity contribution in [1.29, 1.82) is 0 Å². The number of carbonyl (C=O) groups excluding carboxylic acids is 2. The third kappa shape index (κ3) is 3.73. The molecule has 0 bridgehead atoms. The van der Waals surface area contributed by atoms with Gasteiger partial charge in [-0.3, -0.25) is 24.5 Å². The van der Waals surface area contributed by atoms with Gasteiger partial charge in [0.15, 0.2) is 0 Å². The molecule has 1 atom stereocenters. The second-order valence-electron chi connectivity index (χ2n) is 7.07. The van der Waals surface area contributed by atoms with E-state index in [0.29, 0.717) is 22.0 Å². The lowest BCUT2D eigenvalue weighted by molar-refractivity contribution is -0.138. The zero-order chi connectivity index (χ0) is 21.3. The molecule has 2 aromatic heterocycles. The summed E-state index contributed by atoms with van der Waals surface area (Å²) in [4.78, 5) is 43.7. The van der Waals surface area contributed by atoms with Gasteiger partial charge in [-0.1, -0.05) is 29.8 Å². The zero-order valence-electron chi connectivity index (χ0n) is 16.3. The molecule has 3 aromatic rings. The van der Waals surface area contributed by atoms with Crippen molar-refractivity contribution in [3.8, 4) is 5.69 Å². The third-order valence-electron chi connectivity index (χ3n) is 5.14. The largest absolute Gasteiger partial charge is 0.349 e. The van der Waals surface area contributed by atoms with Crippen LogP contribution in [-0.4, -0.2) is 38.0 Å². The Bertz CT molecular complexity index is 1150. The highest BCUT2D eigenvalue weighted by Gasteiger charge is 2.35. The van der Waals surface area contributed by atoms with E-state index < -0.39 is 6.04 Å². The highest BCUT2D eigenvalue weighted by molar-refractivity contribution is 6.32. The van der Waals surface area contributed by atoms with E-state index in [1.807, 2.05) is 6.07 Å². The number of pyridine rings is 1. The minimum absolute atomic E-state index is 0.0138. The van der Waals surface area contributed by atoms with Gasteiger partial charge in [-0.05, 0) is 31.2 Å². The van der Waals surface area contributed by atoms with Crippen molar-refractivity contribution in [3.05, 3.63) is 81.0 Å². The monoisotopic (exact) mass is 425 g/mol. The predicted octanol–water partition coefficient (Wildman–Crippen LogP) is 1.98. The van der Waals surface area contributed by atoms with Gasteiger partial charge in [-0.15, -0.1) is 0 Å². The maximum Gasteiger partial charge on any atom is 0.276 e. The summed E-state index contributed by atoms with van der Waals surface area (Å²) in [5.74, 6) is -0.540. The number of carbonyl (C=O) groups is 2. The van der Waals surface area contributed by atoms with Crippen molar-refractivity contribution in [3.63, 3.8) is 0 Å². The van der Waals surface area contributed by atoms with Gasteiger partial charge in [0.2, 0.25) is 11.8 Å². The fourth-order valence-corrected chi connectivity index (χ4v) is 3.84. The molecule has 0 spiro atoms. The molecule has 0 radical (unpaired) electrons. The zero-order valence-corrected chi connectivity index (χ0v) is 17.0. The molecule has 0 fully saturated rings. The fourth-order valence-electron chi connectivity index (χ4n) is 3.62. The highest BCUT2D eigenvalue weighted by atomic mass is 35.5. The molecule has 8 nitrogen and oxygen atoms in total. The summed E-state index contributed by atoms with van der Waals surface area (Å²) in [5.41, 5.74) is 1.96. The molecule has 2 N–H and O–H groups in total. The lowest BCUT2D eigenvalue weighted by Crippen LogP contribution is -2.46. The van der Waals surface area contributed by atoms with Crippen molar-refractivity contribution < 1.29 is 9.59 Å². The number of aromatic nitrogens is 3. The molecule has 9 heteroatoms. The van der Waals surface area contributed by atoms with Crippen LogP contribution in [0.4, 0.5) is 0 Å². The molecule has 30 heavy (non-hydrogen) atoms. The van der Waals surface area contributed by atoms with Gasteiger partial charge in [0.25, 0.3) is 5.56 Å². The van der Waals surface area contributed by atoms with Gasteiger partial charge in [-0.2, -0.15) is 0 Å². The van der Waals surface area contributed by atoms with Crippen LogP contribution in [0.15, 0.2) is 53.5 Å². The molecule has 1 aromatic carbocycles. The van der Waals surface area contributed by atoms with Crippen LogP contribution in [-0.2, 0) is 22.6 Å². The van der Waals surface area contributed by atoms with Crippen molar-refractivity contribution >= 4 is 23.4 Å². The van der Waals surface area contributed by atoms with E-state index >= 15 is 0 Å². The Labute approximate surface area is 177 Å². The molecule has 0 saturated heterocycles. The van der Waals surface area contributed by atoms with Gasteiger partial charge in [0.1, 0.15) is 6.54 Å². The van der Waals surface area contributed by atoms with Crippen LogP contribution in [0.3, 0.4) is 0 Å². The summed E-state index contributed by atoms with van der Waals surface area (Å²) >= 11 is 6.23. The van der Waals surface area contributed by atoms with E-state index in [1.54, 1.807) is 49.5 Å². The van der Waals surface area contributed by atoms with E-state index in [4.69, 9.17) is 11.6 Å². The van der Waals surface area contributed by atoms with E-state index in [1.165, 1.54) is 9.58 Å². The van der Waals surface area contributed by atoms with Gasteiger partial charge in [0.05, 0.1) is 46.7 Å². The molecular weight excluding hydrogens is 406 g/mol. The first-order chi connectivity index (χ1) is 14.5. The molecule has 2 amide bonds. The van der Waals surface area contributed by atoms with Crippen molar-refractivity contribution in [2.24, 2.45) is 0 Å². The number of hydrogen-bond acceptors (Lipinski definition) is 4. The van der Waals surface area contributed by atoms with E-state index in [2.05, 4.69) is 15.4 Å². The topological polar surface area (TPSA) is 100 Å². The number of rotatable bonds is 5. The van der Waals surface area contributed by atoms with Crippen LogP contribution in [0.2, 0.25) is 5.02 Å². The Morgan fingerprint density at radius 2 is 2.00 bits per heavy atom. The maximum absolute atomic E-state index is 13.1. The normalized spacial score (nSPS) is 15.7. The number of aromatic amines is 1. The number of nitrogens with one attached hydrogen (secondary N) is 2. The van der Waals surface area contributed by atoms with Crippen LogP contribution in [0.1, 0.15) is 29.9 Å². The summed E-state index contributed by atoms with van der Waals surface area (Å²) in [6, 6.07) is 11.9. The number of fused-ring (bicyclic) bond motifs is 1. The lowest BCUT2D eigenvalue weighted by Gasteiger charge is -2.32. The fraction of sp³-hybridized carbons (Fsp3) is 0.238. The van der Waals surface area contributed by atoms with Crippen molar-refractivity contribution in [2.75, 3.05) is 6.54 Å². The molecule has 1 aliphatic heterocycles. The van der Waals surface area contributed by atoms with E-state index in [0.717, 1.165) is 5.69 Å². The Kier molecular flexibility index (Phi) is 5.41. The number of benzene rings is 1. The lowest BCUT2D eigenvalue weighted by atomic mass is 10.00. The summed E-state index contributed by atoms with van der Waals surface area (Å²) < 4.78 is 1.35. The SMILES string of the molecule is CC1c2c([nH]n(-c3ccccc3Cl)c2=O)CC(=O)N1CC(=O)NCc1ccccn1. The Balaban J connectivity index is 1.54.